The van der Waals surface area contributed by atoms with E-state index in [2.05, 4.69) is 15.4 Å². The Morgan fingerprint density at radius 1 is 1.21 bits per heavy atom. The molecule has 3 heterocycles. The molecule has 33 heavy (non-hydrogen) atoms. The van der Waals surface area contributed by atoms with Gasteiger partial charge in [0.15, 0.2) is 11.6 Å². The second-order valence-corrected chi connectivity index (χ2v) is 7.17. The SMILES string of the molecule is COc1cccnc1NC(=O)c1cnn2c1C(=O)N(c1ccc(C(F)(F)F)cc1)C[C@@H]2C.S. The minimum atomic E-state index is -4.48. The van der Waals surface area contributed by atoms with Crippen LogP contribution >= 0.6 is 13.5 Å². The summed E-state index contributed by atoms with van der Waals surface area (Å²) in [4.78, 5) is 31.5. The highest BCUT2D eigenvalue weighted by Crippen LogP contribution is 2.33. The standard InChI is InChI=1S/C21H18F3N5O3.H2S/c1-12-11-28(14-7-5-13(6-8-14)21(22,23)24)20(31)17-15(10-26-29(12)17)19(30)27-18-16(32-2)4-3-9-25-18;/h3-10,12H,11H2,1-2H3,(H,25,27,30);1H2/t12-;/m0./s1. The quantitative estimate of drug-likeness (QED) is 0.613. The van der Waals surface area contributed by atoms with Gasteiger partial charge in [0.1, 0.15) is 5.69 Å². The third-order valence-electron chi connectivity index (χ3n) is 5.08. The fourth-order valence-corrected chi connectivity index (χ4v) is 3.51. The Bertz CT molecular complexity index is 1180. The minimum absolute atomic E-state index is 0. The third kappa shape index (κ3) is 4.51. The van der Waals surface area contributed by atoms with Crippen molar-refractivity contribution in [2.75, 3.05) is 23.9 Å². The van der Waals surface area contributed by atoms with E-state index in [4.69, 9.17) is 4.74 Å². The summed E-state index contributed by atoms with van der Waals surface area (Å²) in [6, 6.07) is 7.26. The van der Waals surface area contributed by atoms with Crippen LogP contribution in [0, 0.1) is 0 Å². The number of carbonyl (C=O) groups excluding carboxylic acids is 2. The highest BCUT2D eigenvalue weighted by atomic mass is 32.1. The lowest BCUT2D eigenvalue weighted by Gasteiger charge is -2.32. The molecule has 0 saturated carbocycles. The molecule has 2 aromatic heterocycles. The first-order valence-electron chi connectivity index (χ1n) is 9.57. The number of alkyl halides is 3. The summed E-state index contributed by atoms with van der Waals surface area (Å²) in [6.07, 6.45) is -1.72. The number of benzene rings is 1. The summed E-state index contributed by atoms with van der Waals surface area (Å²) in [5.74, 6) is -0.639. The van der Waals surface area contributed by atoms with Gasteiger partial charge in [-0.05, 0) is 43.3 Å². The van der Waals surface area contributed by atoms with Crippen LogP contribution in [-0.2, 0) is 6.18 Å². The first kappa shape index (κ1) is 24.1. The maximum atomic E-state index is 13.2. The molecule has 0 aliphatic carbocycles. The predicted octanol–water partition coefficient (Wildman–Crippen LogP) is 3.89. The van der Waals surface area contributed by atoms with Crippen molar-refractivity contribution in [1.29, 1.82) is 0 Å². The summed E-state index contributed by atoms with van der Waals surface area (Å²) < 4.78 is 45.2. The van der Waals surface area contributed by atoms with Crippen molar-refractivity contribution in [3.05, 3.63) is 65.6 Å². The van der Waals surface area contributed by atoms with Crippen LogP contribution in [0.15, 0.2) is 48.8 Å². The number of anilines is 2. The molecule has 0 spiro atoms. The van der Waals surface area contributed by atoms with Crippen molar-refractivity contribution in [1.82, 2.24) is 14.8 Å². The first-order chi connectivity index (χ1) is 15.2. The van der Waals surface area contributed by atoms with Crippen molar-refractivity contribution in [2.45, 2.75) is 19.1 Å². The number of pyridine rings is 1. The Hall–Kier alpha value is -3.54. The van der Waals surface area contributed by atoms with Gasteiger partial charge >= 0.3 is 6.18 Å². The van der Waals surface area contributed by atoms with Gasteiger partial charge in [-0.1, -0.05) is 0 Å². The second kappa shape index (κ2) is 9.14. The van der Waals surface area contributed by atoms with E-state index >= 15 is 0 Å². The Labute approximate surface area is 193 Å². The van der Waals surface area contributed by atoms with Gasteiger partial charge in [0, 0.05) is 18.4 Å². The molecule has 3 aromatic rings. The van der Waals surface area contributed by atoms with E-state index in [1.165, 1.54) is 41.2 Å². The molecule has 1 N–H and O–H groups in total. The van der Waals surface area contributed by atoms with E-state index in [0.717, 1.165) is 12.1 Å². The van der Waals surface area contributed by atoms with E-state index in [9.17, 15) is 22.8 Å². The number of methoxy groups -OCH3 is 1. The van der Waals surface area contributed by atoms with Crippen LogP contribution in [0.2, 0.25) is 0 Å². The molecule has 0 unspecified atom stereocenters. The molecule has 174 valence electrons. The van der Waals surface area contributed by atoms with E-state index < -0.39 is 23.6 Å². The van der Waals surface area contributed by atoms with Gasteiger partial charge in [-0.15, -0.1) is 0 Å². The molecule has 0 fully saturated rings. The van der Waals surface area contributed by atoms with Crippen molar-refractivity contribution in [2.24, 2.45) is 0 Å². The average molecular weight is 479 g/mol. The Morgan fingerprint density at radius 3 is 2.55 bits per heavy atom. The maximum absolute atomic E-state index is 13.2. The highest BCUT2D eigenvalue weighted by molar-refractivity contribution is 7.59. The molecule has 1 atom stereocenters. The summed E-state index contributed by atoms with van der Waals surface area (Å²) in [7, 11) is 1.43. The summed E-state index contributed by atoms with van der Waals surface area (Å²) in [5.41, 5.74) is -0.463. The van der Waals surface area contributed by atoms with Crippen LogP contribution in [0.4, 0.5) is 24.7 Å². The van der Waals surface area contributed by atoms with E-state index in [1.54, 1.807) is 19.1 Å². The number of fused-ring (bicyclic) bond motifs is 1. The number of amides is 2. The van der Waals surface area contributed by atoms with Gasteiger partial charge in [0.25, 0.3) is 11.8 Å². The van der Waals surface area contributed by atoms with Crippen molar-refractivity contribution in [3.63, 3.8) is 0 Å². The molecule has 12 heteroatoms. The van der Waals surface area contributed by atoms with Gasteiger partial charge in [0.05, 0.1) is 30.5 Å². The highest BCUT2D eigenvalue weighted by Gasteiger charge is 2.36. The summed E-state index contributed by atoms with van der Waals surface area (Å²) >= 11 is 0. The molecular weight excluding hydrogens is 459 g/mol. The normalized spacial score (nSPS) is 15.5. The number of carbonyl (C=O) groups is 2. The zero-order chi connectivity index (χ0) is 23.0. The number of hydrogen-bond donors (Lipinski definition) is 1. The fraction of sp³-hybridized carbons (Fsp3) is 0.238. The van der Waals surface area contributed by atoms with Gasteiger partial charge in [0.2, 0.25) is 0 Å². The van der Waals surface area contributed by atoms with Crippen LogP contribution in [-0.4, -0.2) is 40.2 Å². The number of aromatic nitrogens is 3. The summed E-state index contributed by atoms with van der Waals surface area (Å²) in [5, 5.41) is 6.78. The lowest BCUT2D eigenvalue weighted by molar-refractivity contribution is -0.137. The van der Waals surface area contributed by atoms with Crippen LogP contribution in [0.5, 0.6) is 5.75 Å². The Balaban J connectivity index is 0.00000306. The molecule has 1 aromatic carbocycles. The van der Waals surface area contributed by atoms with Crippen LogP contribution in [0.1, 0.15) is 39.4 Å². The molecule has 0 bridgehead atoms. The van der Waals surface area contributed by atoms with Crippen molar-refractivity contribution < 1.29 is 27.5 Å². The molecule has 0 radical (unpaired) electrons. The number of halogens is 3. The fourth-order valence-electron chi connectivity index (χ4n) is 3.51. The van der Waals surface area contributed by atoms with Crippen molar-refractivity contribution in [3.8, 4) is 5.75 Å². The molecule has 1 aliphatic rings. The van der Waals surface area contributed by atoms with E-state index in [-0.39, 0.29) is 43.2 Å². The Morgan fingerprint density at radius 2 is 1.91 bits per heavy atom. The molecule has 1 aliphatic heterocycles. The van der Waals surface area contributed by atoms with E-state index in [0.29, 0.717) is 11.4 Å². The van der Waals surface area contributed by atoms with Gasteiger partial charge < -0.3 is 15.0 Å². The third-order valence-corrected chi connectivity index (χ3v) is 5.08. The average Bonchev–Trinajstić information content (AvgIpc) is 3.22. The maximum Gasteiger partial charge on any atom is 0.416 e. The predicted molar refractivity (Wildman–Crippen MR) is 119 cm³/mol. The van der Waals surface area contributed by atoms with Crippen molar-refractivity contribution >= 4 is 36.8 Å². The van der Waals surface area contributed by atoms with Crippen LogP contribution in [0.3, 0.4) is 0 Å². The van der Waals surface area contributed by atoms with Crippen LogP contribution in [0.25, 0.3) is 0 Å². The van der Waals surface area contributed by atoms with Gasteiger partial charge in [-0.3, -0.25) is 14.3 Å². The second-order valence-electron chi connectivity index (χ2n) is 7.17. The lowest BCUT2D eigenvalue weighted by Crippen LogP contribution is -2.43. The van der Waals surface area contributed by atoms with Gasteiger partial charge in [-0.25, -0.2) is 4.98 Å². The first-order valence-corrected chi connectivity index (χ1v) is 9.57. The molecule has 2 amide bonds. The number of nitrogens with one attached hydrogen (secondary N) is 1. The molecule has 8 nitrogen and oxygen atoms in total. The smallest absolute Gasteiger partial charge is 0.416 e. The number of nitrogens with zero attached hydrogens (tertiary/aromatic N) is 4. The zero-order valence-corrected chi connectivity index (χ0v) is 18.6. The summed E-state index contributed by atoms with van der Waals surface area (Å²) in [6.45, 7) is 1.98. The van der Waals surface area contributed by atoms with Crippen LogP contribution < -0.4 is 15.0 Å². The molecular formula is C21H20F3N5O3S. The number of rotatable bonds is 4. The molecule has 4 rings (SSSR count). The monoisotopic (exact) mass is 479 g/mol. The minimum Gasteiger partial charge on any atom is -0.493 e. The topological polar surface area (TPSA) is 89.3 Å². The van der Waals surface area contributed by atoms with Gasteiger partial charge in [-0.2, -0.15) is 31.8 Å². The number of hydrogen-bond acceptors (Lipinski definition) is 5. The molecule has 0 saturated heterocycles. The number of ether oxygens (including phenoxy) is 1. The largest absolute Gasteiger partial charge is 0.493 e. The Kier molecular flexibility index (Phi) is 6.68. The zero-order valence-electron chi connectivity index (χ0n) is 17.6. The lowest BCUT2D eigenvalue weighted by atomic mass is 10.1. The van der Waals surface area contributed by atoms with E-state index in [1.807, 2.05) is 0 Å².